The normalized spacial score (nSPS) is 10.1. The van der Waals surface area contributed by atoms with E-state index in [-0.39, 0.29) is 41.8 Å². The fraction of sp³-hybridized carbons (Fsp3) is 0.161. The Hall–Kier alpha value is -5.92. The number of carbonyl (C=O) groups excluding carboxylic acids is 4. The molecule has 0 aliphatic heterocycles. The molecule has 0 saturated carbocycles. The van der Waals surface area contributed by atoms with Crippen LogP contribution in [0.1, 0.15) is 21.0 Å². The fourth-order valence-electron chi connectivity index (χ4n) is 3.67. The lowest BCUT2D eigenvalue weighted by Gasteiger charge is -2.10. The molecule has 14 heteroatoms. The van der Waals surface area contributed by atoms with Gasteiger partial charge in [-0.1, -0.05) is 24.3 Å². The molecule has 0 unspecified atom stereocenters. The zero-order valence-corrected chi connectivity index (χ0v) is 24.3. The molecule has 0 aliphatic rings. The number of esters is 2. The third-order valence-electron chi connectivity index (χ3n) is 5.93. The third kappa shape index (κ3) is 9.54. The number of carbonyl (C=O) groups is 4. The van der Waals surface area contributed by atoms with Crippen LogP contribution in [-0.2, 0) is 19.1 Å². The lowest BCUT2D eigenvalue weighted by molar-refractivity contribution is -0.140. The van der Waals surface area contributed by atoms with E-state index in [1.165, 1.54) is 70.1 Å². The van der Waals surface area contributed by atoms with Gasteiger partial charge in [0.25, 0.3) is 11.8 Å². The first-order chi connectivity index (χ1) is 21.6. The van der Waals surface area contributed by atoms with Crippen molar-refractivity contribution < 1.29 is 47.3 Å². The first-order valence-electron chi connectivity index (χ1n) is 13.0. The minimum Gasteiger partial charge on any atom is -0.505 e. The molecule has 0 aliphatic carbocycles. The number of hydrogen-bond donors (Lipinski definition) is 3. The average Bonchev–Trinajstić information content (AvgIpc) is 3.05. The van der Waals surface area contributed by atoms with Gasteiger partial charge in [0.15, 0.2) is 17.1 Å². The molecule has 2 amide bonds. The number of benzene rings is 2. The van der Waals surface area contributed by atoms with Gasteiger partial charge in [0.2, 0.25) is 0 Å². The molecule has 0 radical (unpaired) electrons. The largest absolute Gasteiger partial charge is 0.505 e. The van der Waals surface area contributed by atoms with Gasteiger partial charge in [-0.25, -0.2) is 18.7 Å². The van der Waals surface area contributed by atoms with Gasteiger partial charge in [0, 0.05) is 23.5 Å². The molecule has 4 rings (SSSR count). The van der Waals surface area contributed by atoms with Gasteiger partial charge in [0.1, 0.15) is 30.5 Å². The third-order valence-corrected chi connectivity index (χ3v) is 5.93. The smallest absolute Gasteiger partial charge is 0.325 e. The second-order valence-corrected chi connectivity index (χ2v) is 8.90. The topological polar surface area (TPSA) is 166 Å². The standard InChI is InChI=1S/C16H15FN2O4.C15H13FN2O4/c1-22-13-7-11(10-4-3-5-12(17)6-10)8-18-15(13)16(21)19-9-14(20)23-2;1-22-13(20)8-18-15(21)14-12(19)6-10(7-17-14)9-3-2-4-11(16)5-9/h3-8H,9H2,1-2H3,(H,19,21);2-7,19H,8H2,1H3,(H,18,21). The number of pyridine rings is 2. The minimum atomic E-state index is -0.714. The number of aromatic hydroxyl groups is 1. The summed E-state index contributed by atoms with van der Waals surface area (Å²) in [5.41, 5.74) is 1.98. The number of rotatable bonds is 9. The Labute approximate surface area is 256 Å². The molecule has 234 valence electrons. The minimum absolute atomic E-state index is 0.0246. The Morgan fingerprint density at radius 3 is 1.60 bits per heavy atom. The summed E-state index contributed by atoms with van der Waals surface area (Å²) >= 11 is 0. The summed E-state index contributed by atoms with van der Waals surface area (Å²) in [5, 5.41) is 14.5. The first-order valence-corrected chi connectivity index (χ1v) is 13.0. The molecule has 0 spiro atoms. The number of halogens is 2. The van der Waals surface area contributed by atoms with Gasteiger partial charge >= 0.3 is 11.9 Å². The molecule has 0 atom stereocenters. The predicted molar refractivity (Wildman–Crippen MR) is 156 cm³/mol. The van der Waals surface area contributed by atoms with Crippen molar-refractivity contribution in [1.82, 2.24) is 20.6 Å². The van der Waals surface area contributed by atoms with Crippen molar-refractivity contribution in [1.29, 1.82) is 0 Å². The fourth-order valence-corrected chi connectivity index (χ4v) is 3.67. The van der Waals surface area contributed by atoms with Gasteiger partial charge in [-0.3, -0.25) is 19.2 Å². The van der Waals surface area contributed by atoms with E-state index >= 15 is 0 Å². The summed E-state index contributed by atoms with van der Waals surface area (Å²) in [6.07, 6.45) is 2.77. The second kappa shape index (κ2) is 16.1. The van der Waals surface area contributed by atoms with E-state index in [2.05, 4.69) is 30.1 Å². The summed E-state index contributed by atoms with van der Waals surface area (Å²) in [7, 11) is 3.81. The maximum Gasteiger partial charge on any atom is 0.325 e. The summed E-state index contributed by atoms with van der Waals surface area (Å²) in [5.74, 6) is -3.43. The number of nitrogens with zero attached hydrogens (tertiary/aromatic N) is 2. The van der Waals surface area contributed by atoms with E-state index in [0.717, 1.165) is 0 Å². The first kappa shape index (κ1) is 33.6. The molecule has 3 N–H and O–H groups in total. The van der Waals surface area contributed by atoms with Crippen molar-refractivity contribution in [3.05, 3.63) is 96.1 Å². The number of nitrogens with one attached hydrogen (secondary N) is 2. The number of amides is 2. The Bertz CT molecular complexity index is 1700. The van der Waals surface area contributed by atoms with Crippen LogP contribution in [-0.4, -0.2) is 73.2 Å². The van der Waals surface area contributed by atoms with Crippen molar-refractivity contribution in [2.75, 3.05) is 34.4 Å². The van der Waals surface area contributed by atoms with Crippen molar-refractivity contribution >= 4 is 23.8 Å². The summed E-state index contributed by atoms with van der Waals surface area (Å²) in [6.45, 7) is -0.603. The zero-order chi connectivity index (χ0) is 32.9. The summed E-state index contributed by atoms with van der Waals surface area (Å²) < 4.78 is 40.5. The van der Waals surface area contributed by atoms with E-state index in [9.17, 15) is 33.1 Å². The van der Waals surface area contributed by atoms with E-state index in [4.69, 9.17) is 4.74 Å². The highest BCUT2D eigenvalue weighted by molar-refractivity contribution is 5.97. The number of methoxy groups -OCH3 is 3. The molecule has 4 aromatic rings. The number of ether oxygens (including phenoxy) is 3. The second-order valence-electron chi connectivity index (χ2n) is 8.90. The molecule has 12 nitrogen and oxygen atoms in total. The van der Waals surface area contributed by atoms with Crippen LogP contribution in [0.5, 0.6) is 11.5 Å². The van der Waals surface area contributed by atoms with Crippen LogP contribution in [0.25, 0.3) is 22.3 Å². The molecule has 2 aromatic heterocycles. The number of aromatic nitrogens is 2. The maximum atomic E-state index is 13.3. The van der Waals surface area contributed by atoms with Crippen LogP contribution in [0.4, 0.5) is 8.78 Å². The molecule has 0 bridgehead atoms. The summed E-state index contributed by atoms with van der Waals surface area (Å²) in [6, 6.07) is 14.6. The Balaban J connectivity index is 0.000000246. The van der Waals surface area contributed by atoms with Crippen molar-refractivity contribution in [2.45, 2.75) is 0 Å². The van der Waals surface area contributed by atoms with Crippen LogP contribution in [0.2, 0.25) is 0 Å². The lowest BCUT2D eigenvalue weighted by atomic mass is 10.1. The van der Waals surface area contributed by atoms with Crippen molar-refractivity contribution in [3.8, 4) is 33.8 Å². The van der Waals surface area contributed by atoms with Crippen LogP contribution in [0.3, 0.4) is 0 Å². The van der Waals surface area contributed by atoms with Crippen molar-refractivity contribution in [2.24, 2.45) is 0 Å². The Kier molecular flexibility index (Phi) is 12.0. The number of hydrogen-bond acceptors (Lipinski definition) is 10. The highest BCUT2D eigenvalue weighted by atomic mass is 19.1. The molecule has 2 aromatic carbocycles. The van der Waals surface area contributed by atoms with E-state index in [1.807, 2.05) is 0 Å². The van der Waals surface area contributed by atoms with E-state index in [0.29, 0.717) is 22.3 Å². The van der Waals surface area contributed by atoms with Gasteiger partial charge in [-0.05, 0) is 47.5 Å². The summed E-state index contributed by atoms with van der Waals surface area (Å²) in [4.78, 5) is 53.7. The van der Waals surface area contributed by atoms with Crippen LogP contribution < -0.4 is 15.4 Å². The van der Waals surface area contributed by atoms with Crippen LogP contribution in [0.15, 0.2) is 73.1 Å². The van der Waals surface area contributed by atoms with Gasteiger partial charge in [-0.2, -0.15) is 0 Å². The molecular formula is C31H28F2N4O8. The van der Waals surface area contributed by atoms with E-state index < -0.39 is 29.6 Å². The molecule has 0 fully saturated rings. The highest BCUT2D eigenvalue weighted by Crippen LogP contribution is 2.27. The van der Waals surface area contributed by atoms with Gasteiger partial charge < -0.3 is 30.0 Å². The quantitative estimate of drug-likeness (QED) is 0.236. The molecular weight excluding hydrogens is 594 g/mol. The molecule has 0 saturated heterocycles. The Morgan fingerprint density at radius 1 is 0.689 bits per heavy atom. The monoisotopic (exact) mass is 622 g/mol. The molecule has 45 heavy (non-hydrogen) atoms. The van der Waals surface area contributed by atoms with Crippen LogP contribution in [0, 0.1) is 11.6 Å². The maximum absolute atomic E-state index is 13.3. The van der Waals surface area contributed by atoms with E-state index in [1.54, 1.807) is 24.3 Å². The lowest BCUT2D eigenvalue weighted by Crippen LogP contribution is -2.31. The van der Waals surface area contributed by atoms with Crippen molar-refractivity contribution in [3.63, 3.8) is 0 Å². The van der Waals surface area contributed by atoms with Gasteiger partial charge in [-0.15, -0.1) is 0 Å². The van der Waals surface area contributed by atoms with Gasteiger partial charge in [0.05, 0.1) is 21.3 Å². The Morgan fingerprint density at radius 2 is 1.16 bits per heavy atom. The SMILES string of the molecule is COC(=O)CNC(=O)c1ncc(-c2cccc(F)c2)cc1O.COC(=O)CNC(=O)c1ncc(-c2cccc(F)c2)cc1OC. The zero-order valence-electron chi connectivity index (χ0n) is 24.3. The average molecular weight is 623 g/mol. The predicted octanol–water partition coefficient (Wildman–Crippen LogP) is 3.30. The van der Waals surface area contributed by atoms with Crippen LogP contribution >= 0.6 is 0 Å². The molecule has 2 heterocycles. The highest BCUT2D eigenvalue weighted by Gasteiger charge is 2.17.